The molecule has 0 unspecified atom stereocenters. The molecule has 2 aromatic rings. The molecular weight excluding hydrogens is 299 g/mol. The Kier molecular flexibility index (Phi) is 6.23. The van der Waals surface area contributed by atoms with E-state index in [9.17, 15) is 9.18 Å². The Labute approximate surface area is 134 Å². The molecule has 122 valence electrons. The van der Waals surface area contributed by atoms with Crippen LogP contribution >= 0.6 is 0 Å². The fourth-order valence-electron chi connectivity index (χ4n) is 1.99. The second-order valence-corrected chi connectivity index (χ2v) is 4.75. The van der Waals surface area contributed by atoms with Crippen molar-refractivity contribution in [3.8, 4) is 11.5 Å². The minimum absolute atomic E-state index is 0.0200. The highest BCUT2D eigenvalue weighted by atomic mass is 19.1. The molecule has 0 aliphatic carbocycles. The largest absolute Gasteiger partial charge is 0.493 e. The SMILES string of the molecule is COc1ccccc1OCNC(=O)NCCc1cccc(F)c1. The van der Waals surface area contributed by atoms with Crippen LogP contribution in [0.4, 0.5) is 9.18 Å². The number of nitrogens with one attached hydrogen (secondary N) is 2. The molecule has 0 saturated carbocycles. The van der Waals surface area contributed by atoms with Crippen LogP contribution in [0.2, 0.25) is 0 Å². The minimum atomic E-state index is -0.351. The number of carbonyl (C=O) groups excluding carboxylic acids is 1. The molecule has 0 spiro atoms. The third-order valence-electron chi connectivity index (χ3n) is 3.12. The normalized spacial score (nSPS) is 10.0. The topological polar surface area (TPSA) is 59.6 Å². The summed E-state index contributed by atoms with van der Waals surface area (Å²) in [7, 11) is 1.55. The summed E-state index contributed by atoms with van der Waals surface area (Å²) in [5.41, 5.74) is 0.829. The van der Waals surface area contributed by atoms with Gasteiger partial charge < -0.3 is 20.1 Å². The van der Waals surface area contributed by atoms with E-state index in [0.29, 0.717) is 24.5 Å². The second-order valence-electron chi connectivity index (χ2n) is 4.75. The number of amides is 2. The van der Waals surface area contributed by atoms with Crippen molar-refractivity contribution in [1.82, 2.24) is 10.6 Å². The molecular formula is C17H19FN2O3. The number of ether oxygens (including phenoxy) is 2. The monoisotopic (exact) mass is 318 g/mol. The zero-order valence-corrected chi connectivity index (χ0v) is 12.8. The molecule has 0 bridgehead atoms. The van der Waals surface area contributed by atoms with Crippen LogP contribution in [0.5, 0.6) is 11.5 Å². The molecule has 2 amide bonds. The van der Waals surface area contributed by atoms with Crippen molar-refractivity contribution in [3.05, 3.63) is 59.9 Å². The quantitative estimate of drug-likeness (QED) is 0.772. The van der Waals surface area contributed by atoms with Gasteiger partial charge in [-0.25, -0.2) is 9.18 Å². The summed E-state index contributed by atoms with van der Waals surface area (Å²) >= 11 is 0. The molecule has 0 radical (unpaired) electrons. The van der Waals surface area contributed by atoms with Gasteiger partial charge in [-0.2, -0.15) is 0 Å². The molecule has 0 aliphatic heterocycles. The summed E-state index contributed by atoms with van der Waals surface area (Å²) in [5.74, 6) is 0.869. The lowest BCUT2D eigenvalue weighted by Gasteiger charge is -2.11. The fraction of sp³-hybridized carbons (Fsp3) is 0.235. The van der Waals surface area contributed by atoms with Gasteiger partial charge in [0.15, 0.2) is 18.2 Å². The number of hydrogen-bond donors (Lipinski definition) is 2. The number of methoxy groups -OCH3 is 1. The van der Waals surface area contributed by atoms with Crippen LogP contribution in [0, 0.1) is 5.82 Å². The van der Waals surface area contributed by atoms with Crippen LogP contribution in [0.1, 0.15) is 5.56 Å². The third kappa shape index (κ3) is 5.50. The van der Waals surface area contributed by atoms with E-state index >= 15 is 0 Å². The van der Waals surface area contributed by atoms with E-state index in [0.717, 1.165) is 5.56 Å². The average Bonchev–Trinajstić information content (AvgIpc) is 2.55. The molecule has 6 heteroatoms. The number of halogens is 1. The van der Waals surface area contributed by atoms with Gasteiger partial charge in [0, 0.05) is 6.54 Å². The number of carbonyl (C=O) groups is 1. The van der Waals surface area contributed by atoms with Gasteiger partial charge in [-0.15, -0.1) is 0 Å². The predicted molar refractivity (Wildman–Crippen MR) is 85.1 cm³/mol. The van der Waals surface area contributed by atoms with Gasteiger partial charge >= 0.3 is 6.03 Å². The Hall–Kier alpha value is -2.76. The number of para-hydroxylation sites is 2. The molecule has 2 aromatic carbocycles. The zero-order chi connectivity index (χ0) is 16.5. The molecule has 2 rings (SSSR count). The van der Waals surface area contributed by atoms with Crippen molar-refractivity contribution in [2.45, 2.75) is 6.42 Å². The Bertz CT molecular complexity index is 649. The van der Waals surface area contributed by atoms with Crippen LogP contribution in [0.3, 0.4) is 0 Å². The number of benzene rings is 2. The van der Waals surface area contributed by atoms with Crippen LogP contribution in [-0.4, -0.2) is 26.4 Å². The van der Waals surface area contributed by atoms with E-state index in [2.05, 4.69) is 10.6 Å². The summed E-state index contributed by atoms with van der Waals surface area (Å²) in [6.45, 7) is 0.427. The molecule has 0 aromatic heterocycles. The third-order valence-corrected chi connectivity index (χ3v) is 3.12. The maximum Gasteiger partial charge on any atom is 0.317 e. The Morgan fingerprint density at radius 1 is 1.09 bits per heavy atom. The van der Waals surface area contributed by atoms with Crippen LogP contribution < -0.4 is 20.1 Å². The van der Waals surface area contributed by atoms with Gasteiger partial charge in [0.1, 0.15) is 5.82 Å². The minimum Gasteiger partial charge on any atom is -0.493 e. The smallest absolute Gasteiger partial charge is 0.317 e. The highest BCUT2D eigenvalue weighted by molar-refractivity contribution is 5.73. The van der Waals surface area contributed by atoms with Gasteiger partial charge in [-0.3, -0.25) is 0 Å². The van der Waals surface area contributed by atoms with Gasteiger partial charge in [0.25, 0.3) is 0 Å². The van der Waals surface area contributed by atoms with E-state index in [-0.39, 0.29) is 18.6 Å². The highest BCUT2D eigenvalue weighted by Gasteiger charge is 2.04. The molecule has 0 heterocycles. The second kappa shape index (κ2) is 8.63. The van der Waals surface area contributed by atoms with E-state index in [1.807, 2.05) is 18.2 Å². The lowest BCUT2D eigenvalue weighted by atomic mass is 10.1. The van der Waals surface area contributed by atoms with Crippen molar-refractivity contribution in [3.63, 3.8) is 0 Å². The summed E-state index contributed by atoms with van der Waals surface area (Å²) in [6.07, 6.45) is 0.554. The Balaban J connectivity index is 1.67. The van der Waals surface area contributed by atoms with Crippen LogP contribution in [0.25, 0.3) is 0 Å². The highest BCUT2D eigenvalue weighted by Crippen LogP contribution is 2.25. The summed E-state index contributed by atoms with van der Waals surface area (Å²) in [4.78, 5) is 11.6. The maximum absolute atomic E-state index is 13.0. The van der Waals surface area contributed by atoms with Gasteiger partial charge in [0.05, 0.1) is 7.11 Å². The van der Waals surface area contributed by atoms with Crippen molar-refractivity contribution in [2.24, 2.45) is 0 Å². The summed E-state index contributed by atoms with van der Waals surface area (Å²) in [5, 5.41) is 5.26. The van der Waals surface area contributed by atoms with Crippen molar-refractivity contribution < 1.29 is 18.7 Å². The van der Waals surface area contributed by atoms with Gasteiger partial charge in [0.2, 0.25) is 0 Å². The van der Waals surface area contributed by atoms with E-state index in [1.165, 1.54) is 12.1 Å². The first-order chi connectivity index (χ1) is 11.2. The van der Waals surface area contributed by atoms with Crippen molar-refractivity contribution in [2.75, 3.05) is 20.4 Å². The van der Waals surface area contributed by atoms with Gasteiger partial charge in [-0.1, -0.05) is 24.3 Å². The number of rotatable bonds is 7. The summed E-state index contributed by atoms with van der Waals surface area (Å²) < 4.78 is 23.6. The first kappa shape index (κ1) is 16.6. The number of urea groups is 1. The molecule has 0 fully saturated rings. The number of hydrogen-bond acceptors (Lipinski definition) is 3. The molecule has 23 heavy (non-hydrogen) atoms. The van der Waals surface area contributed by atoms with Crippen LogP contribution in [-0.2, 0) is 6.42 Å². The molecule has 0 saturated heterocycles. The fourth-order valence-corrected chi connectivity index (χ4v) is 1.99. The maximum atomic E-state index is 13.0. The first-order valence-electron chi connectivity index (χ1n) is 7.21. The van der Waals surface area contributed by atoms with Crippen molar-refractivity contribution in [1.29, 1.82) is 0 Å². The van der Waals surface area contributed by atoms with E-state index in [4.69, 9.17) is 9.47 Å². The van der Waals surface area contributed by atoms with Crippen LogP contribution in [0.15, 0.2) is 48.5 Å². The van der Waals surface area contributed by atoms with Gasteiger partial charge in [-0.05, 0) is 36.2 Å². The standard InChI is InChI=1S/C17H19FN2O3/c1-22-15-7-2-3-8-16(15)23-12-20-17(21)19-10-9-13-5-4-6-14(18)11-13/h2-8,11H,9-10,12H2,1H3,(H2,19,20,21). The molecule has 2 N–H and O–H groups in total. The lowest BCUT2D eigenvalue weighted by Crippen LogP contribution is -2.38. The summed E-state index contributed by atoms with van der Waals surface area (Å²) in [6, 6.07) is 13.1. The molecule has 5 nitrogen and oxygen atoms in total. The van der Waals surface area contributed by atoms with E-state index < -0.39 is 0 Å². The Morgan fingerprint density at radius 2 is 1.87 bits per heavy atom. The lowest BCUT2D eigenvalue weighted by molar-refractivity contribution is 0.221. The zero-order valence-electron chi connectivity index (χ0n) is 12.8. The predicted octanol–water partition coefficient (Wildman–Crippen LogP) is 2.71. The molecule has 0 atom stereocenters. The molecule has 0 aliphatic rings. The first-order valence-corrected chi connectivity index (χ1v) is 7.21. The van der Waals surface area contributed by atoms with E-state index in [1.54, 1.807) is 25.3 Å². The average molecular weight is 318 g/mol. The van der Waals surface area contributed by atoms with Crippen molar-refractivity contribution >= 4 is 6.03 Å². The Morgan fingerprint density at radius 3 is 2.61 bits per heavy atom.